The highest BCUT2D eigenvalue weighted by Gasteiger charge is 2.31. The molecule has 21 heavy (non-hydrogen) atoms. The molecular weight excluding hydrogens is 316 g/mol. The van der Waals surface area contributed by atoms with Gasteiger partial charge >= 0.3 is 0 Å². The molecule has 2 rings (SSSR count). The van der Waals surface area contributed by atoms with E-state index in [1.54, 1.807) is 0 Å². The Morgan fingerprint density at radius 1 is 1.29 bits per heavy atom. The number of nitro groups is 1. The third-order valence-electron chi connectivity index (χ3n) is 3.87. The number of benzene rings is 1. The molecule has 1 aliphatic rings. The Balaban J connectivity index is 2.38. The molecule has 0 spiro atoms. The van der Waals surface area contributed by atoms with Crippen molar-refractivity contribution >= 4 is 27.3 Å². The second kappa shape index (κ2) is 6.29. The van der Waals surface area contributed by atoms with Crippen LogP contribution in [0.3, 0.4) is 0 Å². The highest BCUT2D eigenvalue weighted by Crippen LogP contribution is 2.31. The first-order valence-corrected chi connectivity index (χ1v) is 8.58. The summed E-state index contributed by atoms with van der Waals surface area (Å²) in [6, 6.07) is 3.40. The summed E-state index contributed by atoms with van der Waals surface area (Å²) in [5.74, 6) is 0. The zero-order valence-electron chi connectivity index (χ0n) is 11.7. The molecule has 1 saturated carbocycles. The van der Waals surface area contributed by atoms with Crippen LogP contribution in [0.25, 0.3) is 0 Å². The van der Waals surface area contributed by atoms with Gasteiger partial charge in [0.2, 0.25) is 10.0 Å². The molecule has 1 aliphatic carbocycles. The molecule has 0 unspecified atom stereocenters. The maximum Gasteiger partial charge on any atom is 0.270 e. The first-order valence-electron chi connectivity index (χ1n) is 6.76. The molecule has 0 aromatic heterocycles. The summed E-state index contributed by atoms with van der Waals surface area (Å²) in [6.45, 7) is 0. The van der Waals surface area contributed by atoms with Gasteiger partial charge < -0.3 is 0 Å². The van der Waals surface area contributed by atoms with Crippen LogP contribution in [0.2, 0.25) is 5.02 Å². The molecule has 0 radical (unpaired) electrons. The fraction of sp³-hybridized carbons (Fsp3) is 0.538. The maximum atomic E-state index is 12.6. The molecule has 0 bridgehead atoms. The van der Waals surface area contributed by atoms with E-state index in [4.69, 9.17) is 11.6 Å². The monoisotopic (exact) mass is 332 g/mol. The number of sulfonamides is 1. The molecule has 0 saturated heterocycles. The number of non-ortho nitro benzene ring substituents is 1. The van der Waals surface area contributed by atoms with Crippen molar-refractivity contribution in [2.75, 3.05) is 7.05 Å². The van der Waals surface area contributed by atoms with E-state index in [-0.39, 0.29) is 21.6 Å². The van der Waals surface area contributed by atoms with E-state index in [1.165, 1.54) is 23.5 Å². The van der Waals surface area contributed by atoms with Crippen LogP contribution in [-0.4, -0.2) is 30.7 Å². The van der Waals surface area contributed by atoms with Gasteiger partial charge in [0.25, 0.3) is 5.69 Å². The van der Waals surface area contributed by atoms with Crippen LogP contribution < -0.4 is 0 Å². The lowest BCUT2D eigenvalue weighted by molar-refractivity contribution is -0.385. The van der Waals surface area contributed by atoms with Gasteiger partial charge in [-0.1, -0.05) is 30.9 Å². The summed E-state index contributed by atoms with van der Waals surface area (Å²) in [4.78, 5) is 9.99. The summed E-state index contributed by atoms with van der Waals surface area (Å²) in [7, 11) is -2.31. The Morgan fingerprint density at radius 3 is 2.48 bits per heavy atom. The summed E-state index contributed by atoms with van der Waals surface area (Å²) in [6.07, 6.45) is 4.72. The van der Waals surface area contributed by atoms with Gasteiger partial charge in [0.05, 0.1) is 9.95 Å². The van der Waals surface area contributed by atoms with E-state index in [0.717, 1.165) is 38.2 Å². The Labute approximate surface area is 128 Å². The lowest BCUT2D eigenvalue weighted by atomic mass is 9.96. The predicted octanol–water partition coefficient (Wildman–Crippen LogP) is 3.20. The molecule has 0 N–H and O–H groups in total. The highest BCUT2D eigenvalue weighted by atomic mass is 35.5. The average molecular weight is 333 g/mol. The fourth-order valence-electron chi connectivity index (χ4n) is 2.60. The molecule has 0 heterocycles. The van der Waals surface area contributed by atoms with E-state index >= 15 is 0 Å². The standard InChI is InChI=1S/C13H17ClN2O4S/c1-15(10-5-3-2-4-6-10)21(19,20)13-9-11(16(17)18)7-8-12(13)14/h7-10H,2-6H2,1H3. The number of nitrogens with zero attached hydrogens (tertiary/aromatic N) is 2. The summed E-state index contributed by atoms with van der Waals surface area (Å²) in [5.41, 5.74) is -0.282. The molecule has 8 heteroatoms. The number of nitro benzene ring substituents is 1. The van der Waals surface area contributed by atoms with Gasteiger partial charge in [-0.25, -0.2) is 8.42 Å². The van der Waals surface area contributed by atoms with Crippen molar-refractivity contribution in [2.45, 2.75) is 43.0 Å². The molecule has 0 atom stereocenters. The SMILES string of the molecule is CN(C1CCCCC1)S(=O)(=O)c1cc([N+](=O)[O-])ccc1Cl. The zero-order valence-corrected chi connectivity index (χ0v) is 13.2. The Kier molecular flexibility index (Phi) is 4.85. The van der Waals surface area contributed by atoms with Crippen LogP contribution in [0.1, 0.15) is 32.1 Å². The lowest BCUT2D eigenvalue weighted by Gasteiger charge is -2.30. The molecule has 1 aromatic rings. The van der Waals surface area contributed by atoms with Crippen molar-refractivity contribution in [3.8, 4) is 0 Å². The van der Waals surface area contributed by atoms with Crippen molar-refractivity contribution in [3.63, 3.8) is 0 Å². The van der Waals surface area contributed by atoms with Crippen LogP contribution in [0.5, 0.6) is 0 Å². The third-order valence-corrected chi connectivity index (χ3v) is 6.26. The molecule has 1 aromatic carbocycles. The second-order valence-corrected chi connectivity index (χ2v) is 7.56. The van der Waals surface area contributed by atoms with Crippen molar-refractivity contribution in [1.29, 1.82) is 0 Å². The lowest BCUT2D eigenvalue weighted by Crippen LogP contribution is -2.38. The number of hydrogen-bond acceptors (Lipinski definition) is 4. The Morgan fingerprint density at radius 2 is 1.90 bits per heavy atom. The van der Waals surface area contributed by atoms with Gasteiger partial charge in [0.15, 0.2) is 0 Å². The summed E-state index contributed by atoms with van der Waals surface area (Å²) in [5, 5.41) is 10.8. The molecule has 116 valence electrons. The van der Waals surface area contributed by atoms with Crippen LogP contribution in [0, 0.1) is 10.1 Å². The average Bonchev–Trinajstić information content (AvgIpc) is 2.47. The quantitative estimate of drug-likeness (QED) is 0.626. The number of rotatable bonds is 4. The van der Waals surface area contributed by atoms with Gasteiger partial charge in [-0.2, -0.15) is 4.31 Å². The molecule has 1 fully saturated rings. The Hall–Kier alpha value is -1.18. The number of halogens is 1. The van der Waals surface area contributed by atoms with Crippen LogP contribution in [0.15, 0.2) is 23.1 Å². The smallest absolute Gasteiger partial charge is 0.258 e. The van der Waals surface area contributed by atoms with Crippen LogP contribution in [0.4, 0.5) is 5.69 Å². The van der Waals surface area contributed by atoms with Gasteiger partial charge in [0.1, 0.15) is 4.90 Å². The second-order valence-electron chi connectivity index (χ2n) is 5.18. The number of hydrogen-bond donors (Lipinski definition) is 0. The molecule has 0 aliphatic heterocycles. The predicted molar refractivity (Wildman–Crippen MR) is 79.9 cm³/mol. The highest BCUT2D eigenvalue weighted by molar-refractivity contribution is 7.89. The van der Waals surface area contributed by atoms with Crippen molar-refractivity contribution in [1.82, 2.24) is 4.31 Å². The van der Waals surface area contributed by atoms with Gasteiger partial charge in [-0.05, 0) is 18.9 Å². The van der Waals surface area contributed by atoms with Crippen molar-refractivity contribution in [3.05, 3.63) is 33.3 Å². The van der Waals surface area contributed by atoms with E-state index in [9.17, 15) is 18.5 Å². The minimum Gasteiger partial charge on any atom is -0.258 e. The molecule has 0 amide bonds. The third kappa shape index (κ3) is 3.36. The molecule has 6 nitrogen and oxygen atoms in total. The normalized spacial score (nSPS) is 17.1. The minimum atomic E-state index is -3.83. The van der Waals surface area contributed by atoms with Crippen molar-refractivity contribution < 1.29 is 13.3 Å². The van der Waals surface area contributed by atoms with E-state index in [0.29, 0.717) is 0 Å². The van der Waals surface area contributed by atoms with Crippen LogP contribution in [-0.2, 0) is 10.0 Å². The fourth-order valence-corrected chi connectivity index (χ4v) is 4.51. The zero-order chi connectivity index (χ0) is 15.6. The van der Waals surface area contributed by atoms with E-state index < -0.39 is 14.9 Å². The first kappa shape index (κ1) is 16.2. The first-order chi connectivity index (χ1) is 9.84. The van der Waals surface area contributed by atoms with E-state index in [2.05, 4.69) is 0 Å². The summed E-state index contributed by atoms with van der Waals surface area (Å²) >= 11 is 5.94. The van der Waals surface area contributed by atoms with Crippen LogP contribution >= 0.6 is 11.6 Å². The van der Waals surface area contributed by atoms with Gasteiger partial charge in [-0.3, -0.25) is 10.1 Å². The minimum absolute atomic E-state index is 0.00302. The maximum absolute atomic E-state index is 12.6. The Bertz CT molecular complexity index is 642. The largest absolute Gasteiger partial charge is 0.270 e. The van der Waals surface area contributed by atoms with E-state index in [1.807, 2.05) is 0 Å². The van der Waals surface area contributed by atoms with Crippen molar-refractivity contribution in [2.24, 2.45) is 0 Å². The van der Waals surface area contributed by atoms with Gasteiger partial charge in [0, 0.05) is 25.2 Å². The topological polar surface area (TPSA) is 80.5 Å². The summed E-state index contributed by atoms with van der Waals surface area (Å²) < 4.78 is 26.6. The molecular formula is C13H17ClN2O4S. The van der Waals surface area contributed by atoms with Gasteiger partial charge in [-0.15, -0.1) is 0 Å².